The van der Waals surface area contributed by atoms with Crippen LogP contribution >= 0.6 is 0 Å². The minimum atomic E-state index is -1.03. The van der Waals surface area contributed by atoms with Crippen molar-refractivity contribution in [3.05, 3.63) is 65.7 Å². The van der Waals surface area contributed by atoms with Gasteiger partial charge in [0.25, 0.3) is 0 Å². The van der Waals surface area contributed by atoms with Gasteiger partial charge in [0.15, 0.2) is 0 Å². The lowest BCUT2D eigenvalue weighted by molar-refractivity contribution is -0.164. The van der Waals surface area contributed by atoms with Crippen molar-refractivity contribution in [2.45, 2.75) is 44.9 Å². The second-order valence-electron chi connectivity index (χ2n) is 10.7. The molecule has 4 amide bonds. The Balaban J connectivity index is 1.86. The van der Waals surface area contributed by atoms with Crippen LogP contribution in [0.5, 0.6) is 0 Å². The Morgan fingerprint density at radius 2 is 1.68 bits per heavy atom. The summed E-state index contributed by atoms with van der Waals surface area (Å²) < 4.78 is 10.3. The number of ether oxygens (including phenoxy) is 2. The highest BCUT2D eigenvalue weighted by Gasteiger charge is 2.51. The number of esters is 2. The van der Waals surface area contributed by atoms with Crippen LogP contribution in [0, 0.1) is 5.92 Å². The van der Waals surface area contributed by atoms with Gasteiger partial charge in [-0.15, -0.1) is 0 Å². The Labute approximate surface area is 233 Å². The van der Waals surface area contributed by atoms with Crippen molar-refractivity contribution in [2.24, 2.45) is 5.92 Å². The number of methoxy groups -OCH3 is 1. The number of rotatable bonds is 7. The van der Waals surface area contributed by atoms with E-state index in [1.807, 2.05) is 6.07 Å². The number of hydrogen-bond donors (Lipinski definition) is 2. The van der Waals surface area contributed by atoms with Gasteiger partial charge in [-0.25, -0.2) is 14.4 Å². The van der Waals surface area contributed by atoms with E-state index < -0.39 is 54.0 Å². The highest BCUT2D eigenvalue weighted by molar-refractivity contribution is 5.96. The monoisotopic (exact) mass is 552 g/mol. The average Bonchev–Trinajstić information content (AvgIpc) is 3.31. The van der Waals surface area contributed by atoms with Crippen molar-refractivity contribution in [1.29, 1.82) is 0 Å². The molecule has 0 aliphatic carbocycles. The minimum absolute atomic E-state index is 0.0732. The van der Waals surface area contributed by atoms with Crippen LogP contribution < -0.4 is 10.6 Å². The maximum Gasteiger partial charge on any atom is 0.337 e. The molecule has 0 aromatic heterocycles. The number of likely N-dealkylation sites (tertiary alicyclic amines) is 1. The van der Waals surface area contributed by atoms with Gasteiger partial charge < -0.3 is 29.9 Å². The fraction of sp³-hybridized carbons (Fsp3) is 0.414. The smallest absolute Gasteiger partial charge is 0.337 e. The zero-order valence-corrected chi connectivity index (χ0v) is 23.6. The second-order valence-corrected chi connectivity index (χ2v) is 10.7. The van der Waals surface area contributed by atoms with Crippen LogP contribution in [0.15, 0.2) is 54.6 Å². The third-order valence-electron chi connectivity index (χ3n) is 6.30. The van der Waals surface area contributed by atoms with E-state index in [1.165, 1.54) is 29.0 Å². The van der Waals surface area contributed by atoms with E-state index in [1.54, 1.807) is 71.3 Å². The molecule has 2 aromatic rings. The summed E-state index contributed by atoms with van der Waals surface area (Å²) in [7, 11) is 4.50. The van der Waals surface area contributed by atoms with Gasteiger partial charge in [0.1, 0.15) is 11.6 Å². The first-order chi connectivity index (χ1) is 18.8. The van der Waals surface area contributed by atoms with Crippen LogP contribution in [-0.2, 0) is 23.9 Å². The predicted octanol–water partition coefficient (Wildman–Crippen LogP) is 2.98. The zero-order valence-electron chi connectivity index (χ0n) is 23.6. The van der Waals surface area contributed by atoms with E-state index in [0.717, 1.165) is 0 Å². The molecule has 0 spiro atoms. The first-order valence-corrected chi connectivity index (χ1v) is 12.9. The van der Waals surface area contributed by atoms with Gasteiger partial charge in [-0.05, 0) is 51.0 Å². The molecule has 40 heavy (non-hydrogen) atoms. The van der Waals surface area contributed by atoms with Gasteiger partial charge in [0, 0.05) is 19.8 Å². The molecule has 0 radical (unpaired) electrons. The first-order valence-electron chi connectivity index (χ1n) is 12.9. The first kappa shape index (κ1) is 30.1. The summed E-state index contributed by atoms with van der Waals surface area (Å²) in [5.41, 5.74) is 0.441. The molecule has 2 aromatic carbocycles. The normalized spacial score (nSPS) is 18.4. The third kappa shape index (κ3) is 7.37. The lowest BCUT2D eigenvalue weighted by Crippen LogP contribution is -2.49. The molecule has 3 unspecified atom stereocenters. The number of nitrogens with one attached hydrogen (secondary N) is 2. The van der Waals surface area contributed by atoms with Crippen molar-refractivity contribution < 1.29 is 33.4 Å². The van der Waals surface area contributed by atoms with Crippen LogP contribution in [0.25, 0.3) is 0 Å². The summed E-state index contributed by atoms with van der Waals surface area (Å²) >= 11 is 0. The second kappa shape index (κ2) is 12.6. The van der Waals surface area contributed by atoms with Crippen molar-refractivity contribution in [1.82, 2.24) is 15.1 Å². The molecule has 0 bridgehead atoms. The van der Waals surface area contributed by atoms with E-state index in [2.05, 4.69) is 10.6 Å². The standard InChI is InChI=1S/C29H36N4O7/c1-29(2,3)40-27(37)22-16-21(25(35)32(4)5)24(18-11-8-7-9-12-18)33(22)23(34)17-30-28(38)31-20-14-10-13-19(15-20)26(36)39-6/h7-15,21-22,24H,16-17H2,1-6H3,(H2,30,31,38). The Hall–Kier alpha value is -4.41. The van der Waals surface area contributed by atoms with E-state index in [9.17, 15) is 24.0 Å². The van der Waals surface area contributed by atoms with Crippen LogP contribution in [0.3, 0.4) is 0 Å². The summed E-state index contributed by atoms with van der Waals surface area (Å²) in [4.78, 5) is 67.4. The fourth-order valence-corrected chi connectivity index (χ4v) is 4.65. The molecule has 1 heterocycles. The molecule has 1 aliphatic heterocycles. The lowest BCUT2D eigenvalue weighted by Gasteiger charge is -2.32. The number of hydrogen-bond acceptors (Lipinski definition) is 7. The Morgan fingerprint density at radius 3 is 2.27 bits per heavy atom. The molecule has 214 valence electrons. The number of carbonyl (C=O) groups excluding carboxylic acids is 5. The molecule has 2 N–H and O–H groups in total. The van der Waals surface area contributed by atoms with E-state index in [-0.39, 0.29) is 17.9 Å². The van der Waals surface area contributed by atoms with Gasteiger partial charge in [-0.3, -0.25) is 9.59 Å². The minimum Gasteiger partial charge on any atom is -0.465 e. The maximum absolute atomic E-state index is 13.7. The number of urea groups is 1. The van der Waals surface area contributed by atoms with Crippen LogP contribution in [0.1, 0.15) is 49.2 Å². The summed E-state index contributed by atoms with van der Waals surface area (Å²) in [5.74, 6) is -2.67. The highest BCUT2D eigenvalue weighted by Crippen LogP contribution is 2.42. The van der Waals surface area contributed by atoms with Crippen molar-refractivity contribution in [3.63, 3.8) is 0 Å². The SMILES string of the molecule is COC(=O)c1cccc(NC(=O)NCC(=O)N2C(C(=O)OC(C)(C)C)CC(C(=O)N(C)C)C2c2ccccc2)c1. The fourth-order valence-electron chi connectivity index (χ4n) is 4.65. The maximum atomic E-state index is 13.7. The molecule has 0 saturated carbocycles. The third-order valence-corrected chi connectivity index (χ3v) is 6.30. The molecular formula is C29H36N4O7. The summed E-state index contributed by atoms with van der Waals surface area (Å²) in [5, 5.41) is 5.09. The summed E-state index contributed by atoms with van der Waals surface area (Å²) in [6, 6.07) is 12.7. The molecule has 11 nitrogen and oxygen atoms in total. The van der Waals surface area contributed by atoms with Gasteiger partial charge in [0.05, 0.1) is 31.2 Å². The molecule has 1 aliphatic rings. The zero-order chi connectivity index (χ0) is 29.6. The van der Waals surface area contributed by atoms with Gasteiger partial charge in [0.2, 0.25) is 11.8 Å². The van der Waals surface area contributed by atoms with Crippen LogP contribution in [-0.4, -0.2) is 79.0 Å². The van der Waals surface area contributed by atoms with Crippen molar-refractivity contribution >= 4 is 35.5 Å². The van der Waals surface area contributed by atoms with Gasteiger partial charge in [-0.2, -0.15) is 0 Å². The average molecular weight is 553 g/mol. The largest absolute Gasteiger partial charge is 0.465 e. The summed E-state index contributed by atoms with van der Waals surface area (Å²) in [6.07, 6.45) is 0.0732. The molecule has 3 rings (SSSR count). The Kier molecular flexibility index (Phi) is 9.51. The van der Waals surface area contributed by atoms with Crippen molar-refractivity contribution in [2.75, 3.05) is 33.1 Å². The molecule has 1 fully saturated rings. The Morgan fingerprint density at radius 1 is 1.00 bits per heavy atom. The number of benzene rings is 2. The van der Waals surface area contributed by atoms with Crippen molar-refractivity contribution in [3.8, 4) is 0 Å². The number of amides is 4. The number of anilines is 1. The van der Waals surface area contributed by atoms with Gasteiger partial charge >= 0.3 is 18.0 Å². The molecule has 3 atom stereocenters. The van der Waals surface area contributed by atoms with E-state index >= 15 is 0 Å². The quantitative estimate of drug-likeness (QED) is 0.505. The molecular weight excluding hydrogens is 516 g/mol. The van der Waals surface area contributed by atoms with Gasteiger partial charge in [-0.1, -0.05) is 36.4 Å². The topological polar surface area (TPSA) is 134 Å². The Bertz CT molecular complexity index is 1260. The predicted molar refractivity (Wildman–Crippen MR) is 147 cm³/mol. The number of carbonyl (C=O) groups is 5. The van der Waals surface area contributed by atoms with E-state index in [0.29, 0.717) is 11.3 Å². The molecule has 1 saturated heterocycles. The summed E-state index contributed by atoms with van der Waals surface area (Å²) in [6.45, 7) is 4.73. The van der Waals surface area contributed by atoms with Crippen LogP contribution in [0.4, 0.5) is 10.5 Å². The number of nitrogens with zero attached hydrogens (tertiary/aromatic N) is 2. The lowest BCUT2D eigenvalue weighted by atomic mass is 9.92. The van der Waals surface area contributed by atoms with E-state index in [4.69, 9.17) is 9.47 Å². The highest BCUT2D eigenvalue weighted by atomic mass is 16.6. The van der Waals surface area contributed by atoms with Crippen LogP contribution in [0.2, 0.25) is 0 Å². The molecule has 11 heteroatoms.